The number of aliphatic carboxylic acids is 1. The lowest BCUT2D eigenvalue weighted by Gasteiger charge is -2.06. The minimum atomic E-state index is -0.806. The smallest absolute Gasteiger partial charge is 0.304 e. The van der Waals surface area contributed by atoms with Crippen molar-refractivity contribution in [2.24, 2.45) is 0 Å². The van der Waals surface area contributed by atoms with Crippen LogP contribution in [0.3, 0.4) is 0 Å². The third-order valence-electron chi connectivity index (χ3n) is 2.52. The van der Waals surface area contributed by atoms with Gasteiger partial charge in [0, 0.05) is 11.5 Å². The molecule has 1 atom stereocenters. The van der Waals surface area contributed by atoms with Crippen LogP contribution in [-0.2, 0) is 4.79 Å². The van der Waals surface area contributed by atoms with Gasteiger partial charge in [0.15, 0.2) is 11.5 Å². The summed E-state index contributed by atoms with van der Waals surface area (Å²) in [7, 11) is 1.57. The van der Waals surface area contributed by atoms with Crippen molar-refractivity contribution in [1.82, 2.24) is 0 Å². The lowest BCUT2D eigenvalue weighted by molar-refractivity contribution is -0.137. The Morgan fingerprint density at radius 3 is 3.13 bits per heavy atom. The van der Waals surface area contributed by atoms with Gasteiger partial charge in [-0.3, -0.25) is 4.79 Å². The van der Waals surface area contributed by atoms with Gasteiger partial charge in [0.1, 0.15) is 0 Å². The van der Waals surface area contributed by atoms with Gasteiger partial charge in [-0.15, -0.1) is 0 Å². The van der Waals surface area contributed by atoms with Crippen LogP contribution < -0.4 is 9.47 Å². The fraction of sp³-hybridized carbons (Fsp3) is 0.364. The van der Waals surface area contributed by atoms with E-state index in [-0.39, 0.29) is 12.3 Å². The molecule has 1 aliphatic heterocycles. The minimum absolute atomic E-state index is 0.0624. The van der Waals surface area contributed by atoms with Crippen molar-refractivity contribution in [2.75, 3.05) is 13.7 Å². The molecule has 0 spiro atoms. The molecule has 0 fully saturated rings. The molecule has 1 aliphatic rings. The van der Waals surface area contributed by atoms with Crippen molar-refractivity contribution in [3.63, 3.8) is 0 Å². The molecule has 0 aromatic heterocycles. The summed E-state index contributed by atoms with van der Waals surface area (Å²) in [6, 6.07) is 5.54. The number of benzene rings is 1. The van der Waals surface area contributed by atoms with Crippen LogP contribution >= 0.6 is 0 Å². The van der Waals surface area contributed by atoms with Gasteiger partial charge < -0.3 is 14.6 Å². The predicted octanol–water partition coefficient (Wildman–Crippen LogP) is 1.65. The fourth-order valence-corrected chi connectivity index (χ4v) is 1.82. The maximum atomic E-state index is 10.6. The predicted molar refractivity (Wildman–Crippen MR) is 53.5 cm³/mol. The maximum Gasteiger partial charge on any atom is 0.304 e. The van der Waals surface area contributed by atoms with E-state index in [1.54, 1.807) is 7.11 Å². The highest BCUT2D eigenvalue weighted by Crippen LogP contribution is 2.42. The first-order valence-electron chi connectivity index (χ1n) is 4.74. The Balaban J connectivity index is 2.31. The summed E-state index contributed by atoms with van der Waals surface area (Å²) in [6.45, 7) is 0.419. The molecule has 1 aromatic carbocycles. The van der Waals surface area contributed by atoms with Crippen molar-refractivity contribution in [3.05, 3.63) is 23.8 Å². The highest BCUT2D eigenvalue weighted by Gasteiger charge is 2.28. The van der Waals surface area contributed by atoms with Crippen LogP contribution in [0.25, 0.3) is 0 Å². The summed E-state index contributed by atoms with van der Waals surface area (Å²) in [6.07, 6.45) is 0.0974. The number of ether oxygens (including phenoxy) is 2. The quantitative estimate of drug-likeness (QED) is 0.820. The van der Waals surface area contributed by atoms with E-state index in [1.165, 1.54) is 0 Å². The SMILES string of the molecule is COc1cccc2c1OC[C@H]2CC(=O)O. The van der Waals surface area contributed by atoms with Gasteiger partial charge in [-0.1, -0.05) is 12.1 Å². The van der Waals surface area contributed by atoms with E-state index in [0.717, 1.165) is 5.56 Å². The summed E-state index contributed by atoms with van der Waals surface area (Å²) in [4.78, 5) is 10.6. The average molecular weight is 208 g/mol. The van der Waals surface area contributed by atoms with E-state index < -0.39 is 5.97 Å². The topological polar surface area (TPSA) is 55.8 Å². The second kappa shape index (κ2) is 3.81. The zero-order valence-corrected chi connectivity index (χ0v) is 8.40. The molecule has 4 heteroatoms. The zero-order chi connectivity index (χ0) is 10.8. The lowest BCUT2D eigenvalue weighted by atomic mass is 9.98. The molecule has 0 saturated heterocycles. The van der Waals surface area contributed by atoms with E-state index in [4.69, 9.17) is 14.6 Å². The monoisotopic (exact) mass is 208 g/mol. The second-order valence-corrected chi connectivity index (χ2v) is 3.48. The van der Waals surface area contributed by atoms with Gasteiger partial charge in [-0.2, -0.15) is 0 Å². The Bertz CT molecular complexity index is 386. The Hall–Kier alpha value is -1.71. The summed E-state index contributed by atoms with van der Waals surface area (Å²) in [5.41, 5.74) is 0.928. The Labute approximate surface area is 87.4 Å². The number of rotatable bonds is 3. The maximum absolute atomic E-state index is 10.6. The number of carboxylic acids is 1. The van der Waals surface area contributed by atoms with Crippen molar-refractivity contribution < 1.29 is 19.4 Å². The summed E-state index contributed by atoms with van der Waals surface area (Å²) in [5, 5.41) is 8.74. The van der Waals surface area contributed by atoms with Crippen molar-refractivity contribution in [1.29, 1.82) is 0 Å². The molecular weight excluding hydrogens is 196 g/mol. The highest BCUT2D eigenvalue weighted by atomic mass is 16.5. The van der Waals surface area contributed by atoms with E-state index in [1.807, 2.05) is 18.2 Å². The second-order valence-electron chi connectivity index (χ2n) is 3.48. The number of hydrogen-bond donors (Lipinski definition) is 1. The van der Waals surface area contributed by atoms with Crippen molar-refractivity contribution >= 4 is 5.97 Å². The normalized spacial score (nSPS) is 18.1. The molecule has 4 nitrogen and oxygen atoms in total. The first kappa shape index (κ1) is 9.83. The largest absolute Gasteiger partial charge is 0.493 e. The van der Waals surface area contributed by atoms with Crippen LogP contribution in [0, 0.1) is 0 Å². The van der Waals surface area contributed by atoms with E-state index in [9.17, 15) is 4.79 Å². The number of fused-ring (bicyclic) bond motifs is 1. The molecule has 0 unspecified atom stereocenters. The van der Waals surface area contributed by atoms with Crippen molar-refractivity contribution in [2.45, 2.75) is 12.3 Å². The molecule has 1 N–H and O–H groups in total. The molecule has 0 radical (unpaired) electrons. The summed E-state index contributed by atoms with van der Waals surface area (Å²) in [5.74, 6) is 0.485. The van der Waals surface area contributed by atoms with E-state index in [0.29, 0.717) is 18.1 Å². The number of carboxylic acid groups (broad SMARTS) is 1. The van der Waals surface area contributed by atoms with Crippen LogP contribution in [0.2, 0.25) is 0 Å². The van der Waals surface area contributed by atoms with Crippen LogP contribution in [0.15, 0.2) is 18.2 Å². The van der Waals surface area contributed by atoms with E-state index in [2.05, 4.69) is 0 Å². The number of hydrogen-bond acceptors (Lipinski definition) is 3. The standard InChI is InChI=1S/C11H12O4/c1-14-9-4-2-3-8-7(5-10(12)13)6-15-11(8)9/h2-4,7H,5-6H2,1H3,(H,12,13)/t7-/m1/s1. The Morgan fingerprint density at radius 2 is 2.47 bits per heavy atom. The number of carbonyl (C=O) groups is 1. The van der Waals surface area contributed by atoms with Gasteiger partial charge >= 0.3 is 5.97 Å². The zero-order valence-electron chi connectivity index (χ0n) is 8.40. The minimum Gasteiger partial charge on any atom is -0.493 e. The van der Waals surface area contributed by atoms with Gasteiger partial charge in [0.25, 0.3) is 0 Å². The molecule has 2 rings (SSSR count). The first-order chi connectivity index (χ1) is 7.22. The van der Waals surface area contributed by atoms with Gasteiger partial charge in [0.2, 0.25) is 0 Å². The van der Waals surface area contributed by atoms with Gasteiger partial charge in [-0.25, -0.2) is 0 Å². The molecule has 0 amide bonds. The van der Waals surface area contributed by atoms with Gasteiger partial charge in [-0.05, 0) is 6.07 Å². The molecular formula is C11H12O4. The van der Waals surface area contributed by atoms with Crippen LogP contribution in [0.5, 0.6) is 11.5 Å². The molecule has 80 valence electrons. The Morgan fingerprint density at radius 1 is 1.67 bits per heavy atom. The molecule has 1 aromatic rings. The average Bonchev–Trinajstić information content (AvgIpc) is 2.61. The molecule has 1 heterocycles. The highest BCUT2D eigenvalue weighted by molar-refractivity contribution is 5.69. The third-order valence-corrected chi connectivity index (χ3v) is 2.52. The van der Waals surface area contributed by atoms with Crippen LogP contribution in [0.4, 0.5) is 0 Å². The number of para-hydroxylation sites is 1. The van der Waals surface area contributed by atoms with Crippen LogP contribution in [-0.4, -0.2) is 24.8 Å². The molecule has 15 heavy (non-hydrogen) atoms. The lowest BCUT2D eigenvalue weighted by Crippen LogP contribution is -2.07. The van der Waals surface area contributed by atoms with Gasteiger partial charge in [0.05, 0.1) is 20.1 Å². The number of methoxy groups -OCH3 is 1. The molecule has 0 bridgehead atoms. The first-order valence-corrected chi connectivity index (χ1v) is 4.74. The van der Waals surface area contributed by atoms with E-state index >= 15 is 0 Å². The summed E-state index contributed by atoms with van der Waals surface area (Å²) >= 11 is 0. The third kappa shape index (κ3) is 1.75. The van der Waals surface area contributed by atoms with Crippen molar-refractivity contribution in [3.8, 4) is 11.5 Å². The Kier molecular flexibility index (Phi) is 2.49. The summed E-state index contributed by atoms with van der Waals surface area (Å²) < 4.78 is 10.6. The fourth-order valence-electron chi connectivity index (χ4n) is 1.82. The molecule has 0 saturated carbocycles. The molecule has 0 aliphatic carbocycles. The van der Waals surface area contributed by atoms with Crippen LogP contribution in [0.1, 0.15) is 17.9 Å².